The zero-order valence-electron chi connectivity index (χ0n) is 24.1. The van der Waals surface area contributed by atoms with E-state index in [1.807, 2.05) is 0 Å². The summed E-state index contributed by atoms with van der Waals surface area (Å²) in [6.07, 6.45) is 0. The van der Waals surface area contributed by atoms with Gasteiger partial charge in [-0.2, -0.15) is 0 Å². The molecule has 9 rings (SSSR count). The first-order valence-electron chi connectivity index (χ1n) is 13.9. The van der Waals surface area contributed by atoms with Crippen LogP contribution >= 0.6 is 92.8 Å². The third kappa shape index (κ3) is 5.26. The number of aromatic nitrogens is 8. The number of halogens is 8. The summed E-state index contributed by atoms with van der Waals surface area (Å²) in [4.78, 5) is 38.4. The summed E-state index contributed by atoms with van der Waals surface area (Å²) in [5, 5.41) is 4.34. The molecule has 8 bridgehead atoms. The van der Waals surface area contributed by atoms with Gasteiger partial charge in [0.25, 0.3) is 0 Å². The van der Waals surface area contributed by atoms with Crippen molar-refractivity contribution >= 4 is 137 Å². The molecule has 242 valence electrons. The van der Waals surface area contributed by atoms with Crippen molar-refractivity contribution in [1.82, 2.24) is 39.9 Å². The van der Waals surface area contributed by atoms with E-state index in [0.717, 1.165) is 20.4 Å². The SMILES string of the molecule is Clc1ccc(Cl)c2c1-c1nc-2nc2[n-]c(nc3nc(nc4[n-]c(n1)c1c(Cl)ccc(Cl)c41)-c1c(Cl)ccc(Cl)c1-3)c1c(Cl)ccc(Cl)c21.[O]=[Ti+2]. The molecule has 0 saturated heterocycles. The molecule has 3 aromatic heterocycles. The molecule has 2 aliphatic rings. The fraction of sp³-hybridized carbons (Fsp3) is 0. The summed E-state index contributed by atoms with van der Waals surface area (Å²) in [7, 11) is 0. The van der Waals surface area contributed by atoms with Gasteiger partial charge in [0, 0.05) is 86.5 Å². The summed E-state index contributed by atoms with van der Waals surface area (Å²) in [6, 6.07) is 13.1. The van der Waals surface area contributed by atoms with Gasteiger partial charge in [0.15, 0.2) is 0 Å². The van der Waals surface area contributed by atoms with E-state index < -0.39 is 0 Å². The van der Waals surface area contributed by atoms with Crippen LogP contribution in [0.2, 0.25) is 40.2 Å². The molecule has 0 atom stereocenters. The Hall–Kier alpha value is -2.93. The summed E-state index contributed by atoms with van der Waals surface area (Å²) >= 11 is 54.7. The topological polar surface area (TPSA) is 123 Å². The zero-order chi connectivity index (χ0) is 35.2. The number of benzene rings is 4. The molecule has 5 heterocycles. The molecule has 0 unspecified atom stereocenters. The van der Waals surface area contributed by atoms with Crippen molar-refractivity contribution in [3.05, 3.63) is 88.7 Å². The third-order valence-corrected chi connectivity index (χ3v) is 10.4. The summed E-state index contributed by atoms with van der Waals surface area (Å²) in [5.74, 6) is 0.682. The molecule has 18 heteroatoms. The number of nitrogens with zero attached hydrogens (tertiary/aromatic N) is 8. The molecule has 0 spiro atoms. The van der Waals surface area contributed by atoms with Crippen molar-refractivity contribution in [3.63, 3.8) is 0 Å². The van der Waals surface area contributed by atoms with E-state index in [1.54, 1.807) is 48.5 Å². The molecule has 0 amide bonds. The third-order valence-electron chi connectivity index (χ3n) is 7.90. The molecule has 50 heavy (non-hydrogen) atoms. The Kier molecular flexibility index (Phi) is 8.84. The van der Waals surface area contributed by atoms with Gasteiger partial charge in [-0.25, -0.2) is 9.97 Å². The van der Waals surface area contributed by atoms with Crippen molar-refractivity contribution in [2.75, 3.05) is 0 Å². The average molecular weight is 852 g/mol. The predicted octanol–water partition coefficient (Wildman–Crippen LogP) is 11.2. The van der Waals surface area contributed by atoms with Crippen molar-refractivity contribution < 1.29 is 23.7 Å². The minimum absolute atomic E-state index is 0.171. The van der Waals surface area contributed by atoms with Gasteiger partial charge in [0.2, 0.25) is 0 Å². The number of fused-ring (bicyclic) bond motifs is 20. The van der Waals surface area contributed by atoms with Gasteiger partial charge in [-0.3, -0.25) is 0 Å². The van der Waals surface area contributed by atoms with Gasteiger partial charge in [0.05, 0.1) is 43.4 Å². The maximum absolute atomic E-state index is 8.25. The first-order valence-corrected chi connectivity index (χ1v) is 17.6. The Labute approximate surface area is 332 Å². The first-order chi connectivity index (χ1) is 24.1. The molecule has 0 fully saturated rings. The van der Waals surface area contributed by atoms with Crippen molar-refractivity contribution in [2.24, 2.45) is 0 Å². The molecular weight excluding hydrogens is 844 g/mol. The molecule has 9 nitrogen and oxygen atoms in total. The normalized spacial score (nSPS) is 11.8. The summed E-state index contributed by atoms with van der Waals surface area (Å²) in [6.45, 7) is 0. The Morgan fingerprint density at radius 2 is 0.540 bits per heavy atom. The van der Waals surface area contributed by atoms with E-state index in [9.17, 15) is 0 Å². The van der Waals surface area contributed by atoms with Gasteiger partial charge < -0.3 is 29.9 Å². The second kappa shape index (κ2) is 12.9. The van der Waals surface area contributed by atoms with E-state index >= 15 is 0 Å². The van der Waals surface area contributed by atoms with Gasteiger partial charge in [0.1, 0.15) is 0 Å². The van der Waals surface area contributed by atoms with Crippen LogP contribution in [0.3, 0.4) is 0 Å². The Morgan fingerprint density at radius 3 is 0.760 bits per heavy atom. The van der Waals surface area contributed by atoms with Crippen LogP contribution in [-0.2, 0) is 23.7 Å². The van der Waals surface area contributed by atoms with Gasteiger partial charge in [-0.05, 0) is 48.5 Å². The van der Waals surface area contributed by atoms with Gasteiger partial charge >= 0.3 is 23.7 Å². The predicted molar refractivity (Wildman–Crippen MR) is 195 cm³/mol. The second-order valence-electron chi connectivity index (χ2n) is 10.6. The van der Waals surface area contributed by atoms with Crippen LogP contribution in [0, 0.1) is 0 Å². The van der Waals surface area contributed by atoms with Crippen LogP contribution in [0.25, 0.3) is 89.7 Å². The van der Waals surface area contributed by atoms with E-state index in [4.69, 9.17) is 136 Å². The second-order valence-corrected chi connectivity index (χ2v) is 13.9. The van der Waals surface area contributed by atoms with Crippen LogP contribution < -0.4 is 9.97 Å². The Balaban J connectivity index is 0.00000177. The summed E-state index contributed by atoms with van der Waals surface area (Å²) < 4.78 is 8.25. The summed E-state index contributed by atoms with van der Waals surface area (Å²) in [5.41, 5.74) is 2.40. The fourth-order valence-corrected chi connectivity index (χ4v) is 7.79. The van der Waals surface area contributed by atoms with E-state index in [-0.39, 0.29) is 45.9 Å². The fourth-order valence-electron chi connectivity index (χ4n) is 5.85. The van der Waals surface area contributed by atoms with Crippen molar-refractivity contribution in [3.8, 4) is 45.6 Å². The maximum atomic E-state index is 8.25. The Bertz CT molecular complexity index is 2460. The van der Waals surface area contributed by atoms with Crippen molar-refractivity contribution in [1.29, 1.82) is 0 Å². The molecule has 0 aliphatic carbocycles. The van der Waals surface area contributed by atoms with Crippen LogP contribution in [-0.4, -0.2) is 29.9 Å². The number of rotatable bonds is 0. The van der Waals surface area contributed by atoms with Crippen LogP contribution in [0.4, 0.5) is 0 Å². The minimum atomic E-state index is 0.171. The first kappa shape index (κ1) is 34.2. The average Bonchev–Trinajstić information content (AvgIpc) is 3.85. The zero-order valence-corrected chi connectivity index (χ0v) is 31.7. The van der Waals surface area contributed by atoms with E-state index in [1.165, 1.54) is 0 Å². The molecule has 4 aromatic carbocycles. The van der Waals surface area contributed by atoms with Crippen LogP contribution in [0.15, 0.2) is 48.5 Å². The molecule has 0 radical (unpaired) electrons. The van der Waals surface area contributed by atoms with E-state index in [0.29, 0.717) is 84.0 Å². The molecule has 0 saturated carbocycles. The molecule has 0 N–H and O–H groups in total. The van der Waals surface area contributed by atoms with E-state index in [2.05, 4.69) is 0 Å². The quantitative estimate of drug-likeness (QED) is 0.137. The number of hydrogen-bond acceptors (Lipinski definition) is 7. The molecular formula is C32H8Cl8N8OTi. The Morgan fingerprint density at radius 1 is 0.340 bits per heavy atom. The van der Waals surface area contributed by atoms with Crippen molar-refractivity contribution in [2.45, 2.75) is 0 Å². The standard InChI is InChI=1S/C32H8Cl8N8.O.Ti/c33-9-1-2-10(34)18-17(9)25-41-26(18)46-28-21-13(37)5-6-14(38)22(21)30(43-28)48-32-24-16(40)8-7-15(39)23(24)31(44-32)47-29-20-12(36)4-3-11(35)19(20)27(42-29)45-25;;/h1-8H;;/q-2;;+2. The monoisotopic (exact) mass is 848 g/mol. The van der Waals surface area contributed by atoms with Gasteiger partial charge in [-0.1, -0.05) is 92.8 Å². The molecule has 7 aromatic rings. The number of hydrogen-bond donors (Lipinski definition) is 0. The van der Waals surface area contributed by atoms with Crippen LogP contribution in [0.5, 0.6) is 0 Å². The van der Waals surface area contributed by atoms with Crippen LogP contribution in [0.1, 0.15) is 0 Å². The van der Waals surface area contributed by atoms with Gasteiger partial charge in [-0.15, -0.1) is 0 Å². The molecule has 2 aliphatic heterocycles.